The van der Waals surface area contributed by atoms with Crippen LogP contribution in [0.5, 0.6) is 0 Å². The fraction of sp³-hybridized carbons (Fsp3) is 0. The standard InChI is InChI=1S/C40H24N2/c1-2-11-25(12-3-1)39-34-18-8-9-20-36(34)41-40(42-39)28-22-21-26-23-27-13-10-19-32-30-15-5-4-14-29(30)31-16-6-7-17-33(31)38(37(27)32)35(26)24-28/h1-24H. The molecule has 0 saturated heterocycles. The van der Waals surface area contributed by atoms with E-state index in [9.17, 15) is 0 Å². The summed E-state index contributed by atoms with van der Waals surface area (Å²) in [6.07, 6.45) is 0. The van der Waals surface area contributed by atoms with Gasteiger partial charge in [0.1, 0.15) is 0 Å². The van der Waals surface area contributed by atoms with Crippen molar-refractivity contribution < 1.29 is 0 Å². The number of fused-ring (bicyclic) bond motifs is 8. The summed E-state index contributed by atoms with van der Waals surface area (Å²) in [4.78, 5) is 10.3. The van der Waals surface area contributed by atoms with Crippen molar-refractivity contribution in [3.63, 3.8) is 0 Å². The van der Waals surface area contributed by atoms with Gasteiger partial charge in [0.2, 0.25) is 0 Å². The summed E-state index contributed by atoms with van der Waals surface area (Å²) in [6, 6.07) is 52.0. The molecule has 0 radical (unpaired) electrons. The quantitative estimate of drug-likeness (QED) is 0.207. The number of hydrogen-bond donors (Lipinski definition) is 0. The van der Waals surface area contributed by atoms with Crippen LogP contribution in [0.3, 0.4) is 0 Å². The van der Waals surface area contributed by atoms with Crippen LogP contribution in [0.25, 0.3) is 88.5 Å². The molecule has 0 amide bonds. The molecule has 0 fully saturated rings. The van der Waals surface area contributed by atoms with Crippen LogP contribution in [0.1, 0.15) is 0 Å². The minimum Gasteiger partial charge on any atom is -0.228 e. The summed E-state index contributed by atoms with van der Waals surface area (Å²) in [5.41, 5.74) is 11.6. The van der Waals surface area contributed by atoms with Gasteiger partial charge in [0.15, 0.2) is 5.82 Å². The molecule has 0 atom stereocenters. The molecule has 0 saturated carbocycles. The van der Waals surface area contributed by atoms with Crippen molar-refractivity contribution in [2.75, 3.05) is 0 Å². The first-order valence-corrected chi connectivity index (χ1v) is 14.3. The zero-order valence-electron chi connectivity index (χ0n) is 22.8. The van der Waals surface area contributed by atoms with Gasteiger partial charge in [0.25, 0.3) is 0 Å². The van der Waals surface area contributed by atoms with E-state index in [1.54, 1.807) is 0 Å². The molecule has 7 aromatic carbocycles. The Balaban J connectivity index is 1.38. The maximum absolute atomic E-state index is 5.18. The summed E-state index contributed by atoms with van der Waals surface area (Å²) < 4.78 is 0. The highest BCUT2D eigenvalue weighted by molar-refractivity contribution is 6.22. The average Bonchev–Trinajstić information content (AvgIpc) is 3.19. The molecular formula is C40H24N2. The number of hydrogen-bond acceptors (Lipinski definition) is 2. The summed E-state index contributed by atoms with van der Waals surface area (Å²) in [7, 11) is 0. The van der Waals surface area contributed by atoms with E-state index in [1.807, 2.05) is 12.1 Å². The zero-order valence-corrected chi connectivity index (χ0v) is 22.8. The molecule has 1 aliphatic carbocycles. The number of nitrogens with zero attached hydrogens (tertiary/aromatic N) is 2. The van der Waals surface area contributed by atoms with E-state index < -0.39 is 0 Å². The van der Waals surface area contributed by atoms with Crippen LogP contribution in [0.2, 0.25) is 0 Å². The molecule has 9 rings (SSSR count). The smallest absolute Gasteiger partial charge is 0.160 e. The molecule has 0 bridgehead atoms. The van der Waals surface area contributed by atoms with Gasteiger partial charge in [-0.15, -0.1) is 0 Å². The number of aromatic nitrogens is 2. The maximum Gasteiger partial charge on any atom is 0.160 e. The summed E-state index contributed by atoms with van der Waals surface area (Å²) in [5, 5.41) is 6.03. The second kappa shape index (κ2) is 8.95. The lowest BCUT2D eigenvalue weighted by atomic mass is 9.88. The largest absolute Gasteiger partial charge is 0.228 e. The predicted octanol–water partition coefficient (Wildman–Crippen LogP) is 10.6. The number of rotatable bonds is 2. The summed E-state index contributed by atoms with van der Waals surface area (Å²) >= 11 is 0. The molecule has 2 heteroatoms. The Morgan fingerprint density at radius 1 is 0.381 bits per heavy atom. The third-order valence-electron chi connectivity index (χ3n) is 8.59. The highest BCUT2D eigenvalue weighted by atomic mass is 14.9. The van der Waals surface area contributed by atoms with Gasteiger partial charge in [-0.1, -0.05) is 127 Å². The first-order chi connectivity index (χ1) is 20.8. The molecule has 1 aromatic heterocycles. The van der Waals surface area contributed by atoms with Gasteiger partial charge in [-0.3, -0.25) is 0 Å². The van der Waals surface area contributed by atoms with Crippen LogP contribution in [0.4, 0.5) is 0 Å². The lowest BCUT2D eigenvalue weighted by Crippen LogP contribution is -1.95. The van der Waals surface area contributed by atoms with Crippen LogP contribution in [0, 0.1) is 0 Å². The highest BCUT2D eigenvalue weighted by Crippen LogP contribution is 2.50. The molecule has 1 heterocycles. The van der Waals surface area contributed by atoms with Crippen molar-refractivity contribution >= 4 is 32.4 Å². The predicted molar refractivity (Wildman–Crippen MR) is 175 cm³/mol. The van der Waals surface area contributed by atoms with Gasteiger partial charge < -0.3 is 0 Å². The minimum atomic E-state index is 0.736. The van der Waals surface area contributed by atoms with Crippen LogP contribution < -0.4 is 0 Å². The first kappa shape index (κ1) is 23.1. The lowest BCUT2D eigenvalue weighted by molar-refractivity contribution is 1.23. The Labute approximate surface area is 243 Å². The van der Waals surface area contributed by atoms with Crippen molar-refractivity contribution in [1.29, 1.82) is 0 Å². The molecule has 0 aliphatic heterocycles. The van der Waals surface area contributed by atoms with Gasteiger partial charge in [-0.25, -0.2) is 9.97 Å². The van der Waals surface area contributed by atoms with Gasteiger partial charge in [-0.05, 0) is 73.1 Å². The molecule has 0 spiro atoms. The van der Waals surface area contributed by atoms with Crippen molar-refractivity contribution in [1.82, 2.24) is 9.97 Å². The van der Waals surface area contributed by atoms with E-state index in [-0.39, 0.29) is 0 Å². The molecule has 2 nitrogen and oxygen atoms in total. The summed E-state index contributed by atoms with van der Waals surface area (Å²) in [6.45, 7) is 0. The van der Waals surface area contributed by atoms with Gasteiger partial charge in [-0.2, -0.15) is 0 Å². The molecule has 42 heavy (non-hydrogen) atoms. The van der Waals surface area contributed by atoms with E-state index in [0.29, 0.717) is 0 Å². The Morgan fingerprint density at radius 3 is 1.88 bits per heavy atom. The molecule has 0 unspecified atom stereocenters. The molecule has 1 aliphatic rings. The Bertz CT molecular complexity index is 2350. The van der Waals surface area contributed by atoms with Crippen LogP contribution in [-0.2, 0) is 0 Å². The monoisotopic (exact) mass is 532 g/mol. The Morgan fingerprint density at radius 2 is 1.05 bits per heavy atom. The van der Waals surface area contributed by atoms with E-state index in [1.165, 1.54) is 54.9 Å². The van der Waals surface area contributed by atoms with Gasteiger partial charge in [0.05, 0.1) is 11.2 Å². The molecule has 194 valence electrons. The third-order valence-corrected chi connectivity index (χ3v) is 8.59. The molecule has 0 N–H and O–H groups in total. The van der Waals surface area contributed by atoms with E-state index in [2.05, 4.69) is 133 Å². The van der Waals surface area contributed by atoms with E-state index in [0.717, 1.165) is 33.5 Å². The third kappa shape index (κ3) is 3.39. The molecule has 8 aromatic rings. The SMILES string of the molecule is c1ccc(-c2nc(-c3ccc4cc5cccc6c5c(c4c3)-c3ccccc3-c3ccccc3-6)nc3ccccc23)cc1. The minimum absolute atomic E-state index is 0.736. The van der Waals surface area contributed by atoms with Crippen molar-refractivity contribution in [2.24, 2.45) is 0 Å². The Kier molecular flexibility index (Phi) is 4.93. The van der Waals surface area contributed by atoms with Crippen molar-refractivity contribution in [3.05, 3.63) is 146 Å². The fourth-order valence-electron chi connectivity index (χ4n) is 6.72. The lowest BCUT2D eigenvalue weighted by Gasteiger charge is -2.16. The Hall–Kier alpha value is -5.60. The van der Waals surface area contributed by atoms with E-state index >= 15 is 0 Å². The molecular weight excluding hydrogens is 508 g/mol. The fourth-order valence-corrected chi connectivity index (χ4v) is 6.72. The van der Waals surface area contributed by atoms with Crippen LogP contribution >= 0.6 is 0 Å². The maximum atomic E-state index is 5.18. The van der Waals surface area contributed by atoms with Crippen LogP contribution in [0.15, 0.2) is 146 Å². The zero-order chi connectivity index (χ0) is 27.6. The van der Waals surface area contributed by atoms with Crippen molar-refractivity contribution in [2.45, 2.75) is 0 Å². The van der Waals surface area contributed by atoms with Crippen LogP contribution in [-0.4, -0.2) is 9.97 Å². The summed E-state index contributed by atoms with van der Waals surface area (Å²) in [5.74, 6) is 0.736. The van der Waals surface area contributed by atoms with Crippen molar-refractivity contribution in [3.8, 4) is 56.0 Å². The topological polar surface area (TPSA) is 25.8 Å². The highest BCUT2D eigenvalue weighted by Gasteiger charge is 2.23. The second-order valence-corrected chi connectivity index (χ2v) is 11.0. The second-order valence-electron chi connectivity index (χ2n) is 11.0. The van der Waals surface area contributed by atoms with Gasteiger partial charge >= 0.3 is 0 Å². The van der Waals surface area contributed by atoms with E-state index in [4.69, 9.17) is 9.97 Å². The normalized spacial score (nSPS) is 11.8. The number of para-hydroxylation sites is 1. The van der Waals surface area contributed by atoms with Gasteiger partial charge in [0, 0.05) is 16.5 Å². The first-order valence-electron chi connectivity index (χ1n) is 14.3. The average molecular weight is 533 g/mol. The number of benzene rings is 7.